The predicted molar refractivity (Wildman–Crippen MR) is 48.0 cm³/mol. The molecule has 0 aliphatic heterocycles. The van der Waals surface area contributed by atoms with E-state index in [4.69, 9.17) is 0 Å². The van der Waals surface area contributed by atoms with Crippen molar-refractivity contribution in [3.05, 3.63) is 35.5 Å². The van der Waals surface area contributed by atoms with E-state index in [1.807, 2.05) is 13.8 Å². The van der Waals surface area contributed by atoms with Gasteiger partial charge >= 0.3 is 0 Å². The maximum absolute atomic E-state index is 3.87. The largest absolute Gasteiger partial charge is 0.0955 e. The van der Waals surface area contributed by atoms with Gasteiger partial charge in [0.1, 0.15) is 0 Å². The van der Waals surface area contributed by atoms with Gasteiger partial charge in [-0.3, -0.25) is 0 Å². The van der Waals surface area contributed by atoms with Gasteiger partial charge in [-0.2, -0.15) is 0 Å². The fraction of sp³-hybridized carbons (Fsp3) is 0.400. The van der Waals surface area contributed by atoms with E-state index in [9.17, 15) is 0 Å². The van der Waals surface area contributed by atoms with Gasteiger partial charge < -0.3 is 0 Å². The zero-order chi connectivity index (χ0) is 8.15. The molecule has 0 saturated carbocycles. The molecule has 0 aromatic rings. The van der Waals surface area contributed by atoms with Crippen molar-refractivity contribution in [3.8, 4) is 0 Å². The first kappa shape index (κ1) is 9.22. The van der Waals surface area contributed by atoms with E-state index < -0.39 is 0 Å². The Hall–Kier alpha value is -0.780. The molecule has 0 amide bonds. The summed E-state index contributed by atoms with van der Waals surface area (Å²) in [6.45, 7) is 12.1. The maximum atomic E-state index is 3.87. The molecule has 0 nitrogen and oxygen atoms in total. The molecular formula is C10H16. The second-order valence-corrected chi connectivity index (χ2v) is 2.75. The Labute approximate surface area is 64.0 Å². The molecule has 0 aliphatic rings. The summed E-state index contributed by atoms with van der Waals surface area (Å²) in [5, 5.41) is 0. The molecule has 0 unspecified atom stereocenters. The van der Waals surface area contributed by atoms with Crippen LogP contribution >= 0.6 is 0 Å². The first-order chi connectivity index (χ1) is 4.57. The Morgan fingerprint density at radius 1 is 1.20 bits per heavy atom. The standard InChI is InChI=1S/C10H16/c1-6-10(9(4)5)7-8(2)3/h6-7H,4H2,1-3,5H3. The topological polar surface area (TPSA) is 0 Å². The average Bonchev–Trinajstić information content (AvgIpc) is 1.81. The zero-order valence-corrected chi connectivity index (χ0v) is 7.36. The molecule has 0 fully saturated rings. The van der Waals surface area contributed by atoms with Crippen LogP contribution in [0.25, 0.3) is 0 Å². The Balaban J connectivity index is 4.42. The highest BCUT2D eigenvalue weighted by molar-refractivity contribution is 5.37. The summed E-state index contributed by atoms with van der Waals surface area (Å²) in [5.74, 6) is 0. The highest BCUT2D eigenvalue weighted by Gasteiger charge is 1.89. The molecule has 0 spiro atoms. The van der Waals surface area contributed by atoms with Gasteiger partial charge in [-0.15, -0.1) is 0 Å². The molecule has 0 heteroatoms. The molecule has 0 bridgehead atoms. The molecule has 0 radical (unpaired) electrons. The van der Waals surface area contributed by atoms with Crippen LogP contribution < -0.4 is 0 Å². The molecule has 56 valence electrons. The lowest BCUT2D eigenvalue weighted by atomic mass is 10.1. The van der Waals surface area contributed by atoms with Gasteiger partial charge in [-0.25, -0.2) is 0 Å². The molecule has 10 heavy (non-hydrogen) atoms. The minimum Gasteiger partial charge on any atom is -0.0955 e. The molecule has 0 rings (SSSR count). The maximum Gasteiger partial charge on any atom is -0.0277 e. The monoisotopic (exact) mass is 136 g/mol. The van der Waals surface area contributed by atoms with Crippen molar-refractivity contribution < 1.29 is 0 Å². The van der Waals surface area contributed by atoms with E-state index in [2.05, 4.69) is 32.6 Å². The Bertz CT molecular complexity index is 176. The van der Waals surface area contributed by atoms with Gasteiger partial charge in [0.25, 0.3) is 0 Å². The molecular weight excluding hydrogens is 120 g/mol. The third-order valence-electron chi connectivity index (χ3n) is 1.25. The summed E-state index contributed by atoms with van der Waals surface area (Å²) < 4.78 is 0. The van der Waals surface area contributed by atoms with Crippen LogP contribution in [0, 0.1) is 0 Å². The van der Waals surface area contributed by atoms with E-state index in [1.165, 1.54) is 11.1 Å². The summed E-state index contributed by atoms with van der Waals surface area (Å²) in [5.41, 5.74) is 3.68. The van der Waals surface area contributed by atoms with Crippen LogP contribution in [0.15, 0.2) is 35.5 Å². The molecule has 0 aliphatic carbocycles. The summed E-state index contributed by atoms with van der Waals surface area (Å²) >= 11 is 0. The van der Waals surface area contributed by atoms with Crippen molar-refractivity contribution in [1.82, 2.24) is 0 Å². The van der Waals surface area contributed by atoms with Crippen LogP contribution in [0.1, 0.15) is 27.7 Å². The number of allylic oxidation sites excluding steroid dienone is 5. The van der Waals surface area contributed by atoms with Crippen LogP contribution in [0.4, 0.5) is 0 Å². The van der Waals surface area contributed by atoms with Crippen molar-refractivity contribution in [2.24, 2.45) is 0 Å². The van der Waals surface area contributed by atoms with Crippen LogP contribution in [-0.2, 0) is 0 Å². The molecule has 0 saturated heterocycles. The fourth-order valence-corrected chi connectivity index (χ4v) is 0.764. The first-order valence-electron chi connectivity index (χ1n) is 3.55. The second kappa shape index (κ2) is 4.10. The van der Waals surface area contributed by atoms with Crippen LogP contribution in [0.2, 0.25) is 0 Å². The van der Waals surface area contributed by atoms with Crippen molar-refractivity contribution in [2.45, 2.75) is 27.7 Å². The van der Waals surface area contributed by atoms with Crippen molar-refractivity contribution in [1.29, 1.82) is 0 Å². The molecule has 0 aromatic heterocycles. The molecule has 0 N–H and O–H groups in total. The van der Waals surface area contributed by atoms with Gasteiger partial charge in [-0.1, -0.05) is 29.9 Å². The van der Waals surface area contributed by atoms with E-state index in [1.54, 1.807) is 0 Å². The SMILES string of the molecule is C=C(C)C(C=C(C)C)=CC. The third-order valence-corrected chi connectivity index (χ3v) is 1.25. The highest BCUT2D eigenvalue weighted by Crippen LogP contribution is 2.09. The average molecular weight is 136 g/mol. The summed E-state index contributed by atoms with van der Waals surface area (Å²) in [7, 11) is 0. The summed E-state index contributed by atoms with van der Waals surface area (Å²) in [4.78, 5) is 0. The minimum atomic E-state index is 1.13. The molecule has 0 atom stereocenters. The number of rotatable bonds is 2. The van der Waals surface area contributed by atoms with Gasteiger partial charge in [0.05, 0.1) is 0 Å². The second-order valence-electron chi connectivity index (χ2n) is 2.75. The van der Waals surface area contributed by atoms with E-state index in [-0.39, 0.29) is 0 Å². The molecule has 0 heterocycles. The minimum absolute atomic E-state index is 1.13. The fourth-order valence-electron chi connectivity index (χ4n) is 0.764. The van der Waals surface area contributed by atoms with E-state index in [0.29, 0.717) is 0 Å². The van der Waals surface area contributed by atoms with Gasteiger partial charge in [-0.05, 0) is 33.3 Å². The Morgan fingerprint density at radius 3 is 1.80 bits per heavy atom. The summed E-state index contributed by atoms with van der Waals surface area (Å²) in [6.07, 6.45) is 4.22. The lowest BCUT2D eigenvalue weighted by molar-refractivity contribution is 1.33. The normalized spacial score (nSPS) is 11.0. The zero-order valence-electron chi connectivity index (χ0n) is 7.36. The smallest absolute Gasteiger partial charge is 0.0277 e. The summed E-state index contributed by atoms with van der Waals surface area (Å²) in [6, 6.07) is 0. The van der Waals surface area contributed by atoms with E-state index in [0.717, 1.165) is 5.57 Å². The van der Waals surface area contributed by atoms with E-state index >= 15 is 0 Å². The highest BCUT2D eigenvalue weighted by atomic mass is 14.0. The van der Waals surface area contributed by atoms with Gasteiger partial charge in [0, 0.05) is 0 Å². The van der Waals surface area contributed by atoms with Crippen molar-refractivity contribution in [2.75, 3.05) is 0 Å². The Morgan fingerprint density at radius 2 is 1.70 bits per heavy atom. The number of hydrogen-bond acceptors (Lipinski definition) is 0. The lowest BCUT2D eigenvalue weighted by Crippen LogP contribution is -1.78. The lowest BCUT2D eigenvalue weighted by Gasteiger charge is -1.99. The first-order valence-corrected chi connectivity index (χ1v) is 3.55. The quantitative estimate of drug-likeness (QED) is 0.510. The predicted octanol–water partition coefficient (Wildman–Crippen LogP) is 3.48. The van der Waals surface area contributed by atoms with Gasteiger partial charge in [0.15, 0.2) is 0 Å². The number of hydrogen-bond donors (Lipinski definition) is 0. The van der Waals surface area contributed by atoms with Crippen LogP contribution in [0.5, 0.6) is 0 Å². The van der Waals surface area contributed by atoms with Crippen molar-refractivity contribution >= 4 is 0 Å². The third kappa shape index (κ3) is 3.29. The van der Waals surface area contributed by atoms with Crippen LogP contribution in [0.3, 0.4) is 0 Å². The van der Waals surface area contributed by atoms with Crippen molar-refractivity contribution in [3.63, 3.8) is 0 Å². The van der Waals surface area contributed by atoms with Crippen LogP contribution in [-0.4, -0.2) is 0 Å². The van der Waals surface area contributed by atoms with Gasteiger partial charge in [0.2, 0.25) is 0 Å². The molecule has 0 aromatic carbocycles. The Kier molecular flexibility index (Phi) is 3.78.